The molecule has 0 spiro atoms. The highest BCUT2D eigenvalue weighted by atomic mass is 16.6. The van der Waals surface area contributed by atoms with Crippen LogP contribution in [0.5, 0.6) is 0 Å². The van der Waals surface area contributed by atoms with Gasteiger partial charge in [0.05, 0.1) is 6.61 Å². The van der Waals surface area contributed by atoms with E-state index in [9.17, 15) is 19.5 Å². The Bertz CT molecular complexity index is 839. The second-order valence-electron chi connectivity index (χ2n) is 10.4. The summed E-state index contributed by atoms with van der Waals surface area (Å²) in [6, 6.07) is 3.59. The van der Waals surface area contributed by atoms with Crippen LogP contribution < -0.4 is 10.6 Å². The number of benzene rings is 1. The van der Waals surface area contributed by atoms with Crippen molar-refractivity contribution in [2.24, 2.45) is 0 Å². The molecule has 0 aromatic heterocycles. The van der Waals surface area contributed by atoms with E-state index < -0.39 is 41.8 Å². The van der Waals surface area contributed by atoms with Crippen molar-refractivity contribution < 1.29 is 24.2 Å². The third-order valence-electron chi connectivity index (χ3n) is 4.71. The van der Waals surface area contributed by atoms with Gasteiger partial charge in [0.25, 0.3) is 0 Å². The van der Waals surface area contributed by atoms with Crippen LogP contribution in [0.15, 0.2) is 18.2 Å². The van der Waals surface area contributed by atoms with Gasteiger partial charge in [-0.25, -0.2) is 4.79 Å². The summed E-state index contributed by atoms with van der Waals surface area (Å²) in [6.07, 6.45) is -0.228. The fourth-order valence-corrected chi connectivity index (χ4v) is 3.39. The van der Waals surface area contributed by atoms with Crippen molar-refractivity contribution in [3.63, 3.8) is 0 Å². The summed E-state index contributed by atoms with van der Waals surface area (Å²) in [7, 11) is 0. The molecule has 0 bridgehead atoms. The van der Waals surface area contributed by atoms with E-state index in [1.54, 1.807) is 20.8 Å². The minimum Gasteiger partial charge on any atom is -0.444 e. The van der Waals surface area contributed by atoms with E-state index in [-0.39, 0.29) is 12.5 Å². The van der Waals surface area contributed by atoms with Gasteiger partial charge in [-0.05, 0) is 72.9 Å². The standard InChI is InChI=1S/C25H41N3O5/c1-10-13-28(22(31)19(15-29)26-23(32)33-25(7,8)9)20(21(30)27-24(4,5)6)18-14-16(2)11-12-17(18)3/h11-12,14,19-20,29H,10,13,15H2,1-9H3,(H,26,32)(H,27,30). The zero-order valence-electron chi connectivity index (χ0n) is 21.5. The number of carbonyl (C=O) groups excluding carboxylic acids is 3. The number of aliphatic hydroxyl groups excluding tert-OH is 1. The number of alkyl carbamates (subject to hydrolysis) is 1. The monoisotopic (exact) mass is 463 g/mol. The largest absolute Gasteiger partial charge is 0.444 e. The molecular weight excluding hydrogens is 422 g/mol. The van der Waals surface area contributed by atoms with Crippen molar-refractivity contribution >= 4 is 17.9 Å². The highest BCUT2D eigenvalue weighted by Gasteiger charge is 2.37. The Morgan fingerprint density at radius 1 is 1.09 bits per heavy atom. The van der Waals surface area contributed by atoms with E-state index in [1.807, 2.05) is 59.7 Å². The predicted molar refractivity (Wildman–Crippen MR) is 129 cm³/mol. The number of hydrogen-bond donors (Lipinski definition) is 3. The molecule has 33 heavy (non-hydrogen) atoms. The summed E-state index contributed by atoms with van der Waals surface area (Å²) in [5, 5.41) is 15.3. The molecule has 8 nitrogen and oxygen atoms in total. The molecule has 0 aliphatic heterocycles. The number of ether oxygens (including phenoxy) is 1. The molecule has 0 radical (unpaired) electrons. The second kappa shape index (κ2) is 11.5. The van der Waals surface area contributed by atoms with E-state index in [0.717, 1.165) is 11.1 Å². The first kappa shape index (κ1) is 28.4. The highest BCUT2D eigenvalue weighted by molar-refractivity contribution is 5.92. The Morgan fingerprint density at radius 2 is 1.70 bits per heavy atom. The molecule has 0 aliphatic carbocycles. The average Bonchev–Trinajstić information content (AvgIpc) is 2.65. The summed E-state index contributed by atoms with van der Waals surface area (Å²) >= 11 is 0. The third kappa shape index (κ3) is 9.04. The van der Waals surface area contributed by atoms with Gasteiger partial charge in [-0.15, -0.1) is 0 Å². The number of nitrogens with one attached hydrogen (secondary N) is 2. The quantitative estimate of drug-likeness (QED) is 0.548. The number of rotatable bonds is 8. The van der Waals surface area contributed by atoms with Crippen LogP contribution in [0, 0.1) is 13.8 Å². The number of amides is 3. The molecule has 1 rings (SSSR count). The fraction of sp³-hybridized carbons (Fsp3) is 0.640. The minimum atomic E-state index is -1.25. The normalized spacial score (nSPS) is 13.6. The average molecular weight is 464 g/mol. The van der Waals surface area contributed by atoms with Gasteiger partial charge < -0.3 is 25.4 Å². The lowest BCUT2D eigenvalue weighted by molar-refractivity contribution is -0.143. The summed E-state index contributed by atoms with van der Waals surface area (Å²) in [6.45, 7) is 16.1. The lowest BCUT2D eigenvalue weighted by Gasteiger charge is -2.36. The fourth-order valence-electron chi connectivity index (χ4n) is 3.39. The van der Waals surface area contributed by atoms with Crippen LogP contribution in [-0.2, 0) is 14.3 Å². The van der Waals surface area contributed by atoms with E-state index in [2.05, 4.69) is 10.6 Å². The van der Waals surface area contributed by atoms with Crippen LogP contribution in [0.3, 0.4) is 0 Å². The van der Waals surface area contributed by atoms with Crippen LogP contribution in [0.25, 0.3) is 0 Å². The summed E-state index contributed by atoms with van der Waals surface area (Å²) in [5.41, 5.74) is 1.25. The van der Waals surface area contributed by atoms with Gasteiger partial charge in [-0.2, -0.15) is 0 Å². The molecule has 186 valence electrons. The van der Waals surface area contributed by atoms with Crippen molar-refractivity contribution in [1.82, 2.24) is 15.5 Å². The molecule has 0 saturated heterocycles. The lowest BCUT2D eigenvalue weighted by atomic mass is 9.95. The topological polar surface area (TPSA) is 108 Å². The Balaban J connectivity index is 3.44. The predicted octanol–water partition coefficient (Wildman–Crippen LogP) is 3.38. The molecule has 1 aromatic carbocycles. The zero-order chi connectivity index (χ0) is 25.6. The first-order valence-corrected chi connectivity index (χ1v) is 11.4. The van der Waals surface area contributed by atoms with Gasteiger partial charge in [0.1, 0.15) is 17.7 Å². The number of hydrogen-bond acceptors (Lipinski definition) is 5. The first-order chi connectivity index (χ1) is 15.1. The van der Waals surface area contributed by atoms with E-state index in [4.69, 9.17) is 4.74 Å². The van der Waals surface area contributed by atoms with Crippen molar-refractivity contribution in [3.05, 3.63) is 34.9 Å². The summed E-state index contributed by atoms with van der Waals surface area (Å²) < 4.78 is 5.24. The van der Waals surface area contributed by atoms with Crippen LogP contribution in [-0.4, -0.2) is 58.2 Å². The molecule has 0 aliphatic rings. The van der Waals surface area contributed by atoms with E-state index in [1.165, 1.54) is 4.90 Å². The number of aliphatic hydroxyl groups is 1. The van der Waals surface area contributed by atoms with Gasteiger partial charge in [-0.3, -0.25) is 9.59 Å². The molecular formula is C25H41N3O5. The molecule has 3 N–H and O–H groups in total. The molecule has 1 aromatic rings. The number of carbonyl (C=O) groups is 3. The molecule has 2 unspecified atom stereocenters. The maximum Gasteiger partial charge on any atom is 0.408 e. The van der Waals surface area contributed by atoms with E-state index in [0.29, 0.717) is 12.0 Å². The molecule has 0 saturated carbocycles. The van der Waals surface area contributed by atoms with Crippen LogP contribution in [0.2, 0.25) is 0 Å². The van der Waals surface area contributed by atoms with Crippen LogP contribution in [0.1, 0.15) is 77.6 Å². The van der Waals surface area contributed by atoms with Gasteiger partial charge in [0.2, 0.25) is 11.8 Å². The SMILES string of the molecule is CCCN(C(=O)C(CO)NC(=O)OC(C)(C)C)C(C(=O)NC(C)(C)C)c1cc(C)ccc1C. The molecule has 3 amide bonds. The van der Waals surface area contributed by atoms with Crippen LogP contribution in [0.4, 0.5) is 4.79 Å². The highest BCUT2D eigenvalue weighted by Crippen LogP contribution is 2.27. The van der Waals surface area contributed by atoms with Crippen molar-refractivity contribution in [1.29, 1.82) is 0 Å². The van der Waals surface area contributed by atoms with Crippen molar-refractivity contribution in [3.8, 4) is 0 Å². The van der Waals surface area contributed by atoms with Gasteiger partial charge in [0, 0.05) is 12.1 Å². The number of aryl methyl sites for hydroxylation is 2. The first-order valence-electron chi connectivity index (χ1n) is 11.4. The number of nitrogens with zero attached hydrogens (tertiary/aromatic N) is 1. The Kier molecular flexibility index (Phi) is 9.90. The van der Waals surface area contributed by atoms with E-state index >= 15 is 0 Å². The smallest absolute Gasteiger partial charge is 0.408 e. The molecule has 0 heterocycles. The molecule has 2 atom stereocenters. The maximum atomic E-state index is 13.6. The molecule has 0 fully saturated rings. The van der Waals surface area contributed by atoms with Crippen LogP contribution >= 0.6 is 0 Å². The van der Waals surface area contributed by atoms with Gasteiger partial charge in [0.15, 0.2) is 0 Å². The Hall–Kier alpha value is -2.61. The summed E-state index contributed by atoms with van der Waals surface area (Å²) in [4.78, 5) is 40.8. The van der Waals surface area contributed by atoms with Crippen molar-refractivity contribution in [2.75, 3.05) is 13.2 Å². The maximum absolute atomic E-state index is 13.6. The van der Waals surface area contributed by atoms with Crippen molar-refractivity contribution in [2.45, 2.75) is 92.0 Å². The third-order valence-corrected chi connectivity index (χ3v) is 4.71. The molecule has 8 heteroatoms. The Morgan fingerprint density at radius 3 is 2.18 bits per heavy atom. The lowest BCUT2D eigenvalue weighted by Crippen LogP contribution is -2.56. The van der Waals surface area contributed by atoms with Gasteiger partial charge in [-0.1, -0.05) is 30.7 Å². The minimum absolute atomic E-state index is 0.265. The Labute approximate surface area is 198 Å². The van der Waals surface area contributed by atoms with Gasteiger partial charge >= 0.3 is 6.09 Å². The zero-order valence-corrected chi connectivity index (χ0v) is 21.5. The second-order valence-corrected chi connectivity index (χ2v) is 10.4. The summed E-state index contributed by atoms with van der Waals surface area (Å²) in [5.74, 6) is -0.882.